The minimum Gasteiger partial charge on any atom is -0.368 e. The molecule has 1 aromatic heterocycles. The lowest BCUT2D eigenvalue weighted by atomic mass is 10.4. The van der Waals surface area contributed by atoms with Gasteiger partial charge >= 0.3 is 0 Å². The van der Waals surface area contributed by atoms with Crippen LogP contribution in [0, 0.1) is 5.92 Å². The number of nitrogens with two attached hydrogens (primary N) is 1. The van der Waals surface area contributed by atoms with E-state index in [1.807, 2.05) is 0 Å². The summed E-state index contributed by atoms with van der Waals surface area (Å²) in [6, 6.07) is 0. The fourth-order valence-electron chi connectivity index (χ4n) is 1.20. The zero-order chi connectivity index (χ0) is 10.7. The zero-order valence-corrected chi connectivity index (χ0v) is 8.29. The van der Waals surface area contributed by atoms with Gasteiger partial charge in [0.25, 0.3) is 0 Å². The van der Waals surface area contributed by atoms with Gasteiger partial charge in [-0.3, -0.25) is 4.79 Å². The molecule has 15 heavy (non-hydrogen) atoms. The summed E-state index contributed by atoms with van der Waals surface area (Å²) in [4.78, 5) is 15.1. The second-order valence-electron chi connectivity index (χ2n) is 3.54. The number of anilines is 2. The molecule has 82 valence electrons. The number of aromatic amines is 1. The first-order chi connectivity index (χ1) is 7.25. The molecule has 1 amide bonds. The van der Waals surface area contributed by atoms with Crippen molar-refractivity contribution < 1.29 is 4.79 Å². The van der Waals surface area contributed by atoms with Crippen molar-refractivity contribution in [3.05, 3.63) is 0 Å². The molecule has 0 saturated heterocycles. The molecule has 0 radical (unpaired) electrons. The van der Waals surface area contributed by atoms with Crippen molar-refractivity contribution in [3.8, 4) is 0 Å². The van der Waals surface area contributed by atoms with Gasteiger partial charge in [0.1, 0.15) is 0 Å². The SMILES string of the molecule is Nc1nc(NCCNC(=O)C2CC2)n[nH]1. The van der Waals surface area contributed by atoms with Gasteiger partial charge in [0.15, 0.2) is 0 Å². The minimum absolute atomic E-state index is 0.145. The number of aromatic nitrogens is 3. The molecule has 1 saturated carbocycles. The van der Waals surface area contributed by atoms with Crippen molar-refractivity contribution >= 4 is 17.8 Å². The van der Waals surface area contributed by atoms with Crippen molar-refractivity contribution in [2.75, 3.05) is 24.1 Å². The number of nitrogens with zero attached hydrogens (tertiary/aromatic N) is 2. The summed E-state index contributed by atoms with van der Waals surface area (Å²) < 4.78 is 0. The van der Waals surface area contributed by atoms with Crippen LogP contribution in [0.2, 0.25) is 0 Å². The molecule has 0 bridgehead atoms. The van der Waals surface area contributed by atoms with Gasteiger partial charge < -0.3 is 16.4 Å². The molecule has 2 rings (SSSR count). The van der Waals surface area contributed by atoms with Crippen LogP contribution in [-0.2, 0) is 4.79 Å². The number of H-pyrrole nitrogens is 1. The number of carbonyl (C=O) groups excluding carboxylic acids is 1. The van der Waals surface area contributed by atoms with E-state index in [1.54, 1.807) is 0 Å². The maximum atomic E-state index is 11.2. The summed E-state index contributed by atoms with van der Waals surface area (Å²) in [5.74, 6) is 1.13. The molecule has 5 N–H and O–H groups in total. The molecule has 1 heterocycles. The molecule has 1 fully saturated rings. The summed E-state index contributed by atoms with van der Waals surface area (Å²) >= 11 is 0. The zero-order valence-electron chi connectivity index (χ0n) is 8.29. The Morgan fingerprint density at radius 2 is 2.33 bits per heavy atom. The number of amides is 1. The van der Waals surface area contributed by atoms with E-state index in [4.69, 9.17) is 5.73 Å². The van der Waals surface area contributed by atoms with Crippen molar-refractivity contribution in [1.29, 1.82) is 0 Å². The maximum absolute atomic E-state index is 11.2. The summed E-state index contributed by atoms with van der Waals surface area (Å²) in [5.41, 5.74) is 5.34. The summed E-state index contributed by atoms with van der Waals surface area (Å²) in [7, 11) is 0. The van der Waals surface area contributed by atoms with Crippen LogP contribution in [0.25, 0.3) is 0 Å². The Labute approximate surface area is 86.8 Å². The lowest BCUT2D eigenvalue weighted by Crippen LogP contribution is -2.29. The third-order valence-corrected chi connectivity index (χ3v) is 2.16. The van der Waals surface area contributed by atoms with Crippen LogP contribution < -0.4 is 16.4 Å². The lowest BCUT2D eigenvalue weighted by molar-refractivity contribution is -0.122. The first kappa shape index (κ1) is 9.75. The third kappa shape index (κ3) is 2.83. The Morgan fingerprint density at radius 3 is 2.93 bits per heavy atom. The molecule has 0 aliphatic heterocycles. The second-order valence-corrected chi connectivity index (χ2v) is 3.54. The van der Waals surface area contributed by atoms with E-state index in [2.05, 4.69) is 25.8 Å². The standard InChI is InChI=1S/C8H14N6O/c9-7-12-8(14-13-7)11-4-3-10-6(15)5-1-2-5/h5H,1-4H2,(H,10,15)(H4,9,11,12,13,14). The highest BCUT2D eigenvalue weighted by Gasteiger charge is 2.28. The molecular weight excluding hydrogens is 196 g/mol. The van der Waals surface area contributed by atoms with E-state index in [-0.39, 0.29) is 17.8 Å². The van der Waals surface area contributed by atoms with Crippen molar-refractivity contribution in [2.24, 2.45) is 5.92 Å². The molecule has 1 aliphatic rings. The number of rotatable bonds is 5. The van der Waals surface area contributed by atoms with Gasteiger partial charge in [-0.1, -0.05) is 0 Å². The Kier molecular flexibility index (Phi) is 2.70. The summed E-state index contributed by atoms with van der Waals surface area (Å²) in [6.07, 6.45) is 2.05. The average molecular weight is 210 g/mol. The lowest BCUT2D eigenvalue weighted by Gasteiger charge is -2.03. The van der Waals surface area contributed by atoms with E-state index in [1.165, 1.54) is 0 Å². The topological polar surface area (TPSA) is 109 Å². The van der Waals surface area contributed by atoms with Gasteiger partial charge in [-0.2, -0.15) is 4.98 Å². The van der Waals surface area contributed by atoms with Crippen molar-refractivity contribution in [1.82, 2.24) is 20.5 Å². The van der Waals surface area contributed by atoms with Crippen LogP contribution in [0.1, 0.15) is 12.8 Å². The molecular formula is C8H14N6O. The Balaban J connectivity index is 1.60. The molecule has 7 nitrogen and oxygen atoms in total. The monoisotopic (exact) mass is 210 g/mol. The number of nitrogen functional groups attached to an aromatic ring is 1. The quantitative estimate of drug-likeness (QED) is 0.482. The van der Waals surface area contributed by atoms with Crippen molar-refractivity contribution in [3.63, 3.8) is 0 Å². The van der Waals surface area contributed by atoms with E-state index in [0.29, 0.717) is 19.0 Å². The first-order valence-corrected chi connectivity index (χ1v) is 4.95. The first-order valence-electron chi connectivity index (χ1n) is 4.95. The van der Waals surface area contributed by atoms with E-state index in [9.17, 15) is 4.79 Å². The second kappa shape index (κ2) is 4.16. The highest BCUT2D eigenvalue weighted by Crippen LogP contribution is 2.28. The fourth-order valence-corrected chi connectivity index (χ4v) is 1.20. The van der Waals surface area contributed by atoms with Crippen LogP contribution in [0.4, 0.5) is 11.9 Å². The third-order valence-electron chi connectivity index (χ3n) is 2.16. The number of hydrogen-bond donors (Lipinski definition) is 4. The van der Waals surface area contributed by atoms with Crippen molar-refractivity contribution in [2.45, 2.75) is 12.8 Å². The predicted molar refractivity (Wildman–Crippen MR) is 55.0 cm³/mol. The van der Waals surface area contributed by atoms with Crippen LogP contribution in [-0.4, -0.2) is 34.2 Å². The summed E-state index contributed by atoms with van der Waals surface area (Å²) in [6.45, 7) is 1.17. The van der Waals surface area contributed by atoms with Gasteiger partial charge in [0.2, 0.25) is 17.8 Å². The van der Waals surface area contributed by atoms with E-state index in [0.717, 1.165) is 12.8 Å². The largest absolute Gasteiger partial charge is 0.368 e. The normalized spacial score (nSPS) is 14.9. The highest BCUT2D eigenvalue weighted by atomic mass is 16.2. The van der Waals surface area contributed by atoms with Crippen LogP contribution in [0.15, 0.2) is 0 Å². The van der Waals surface area contributed by atoms with Crippen LogP contribution >= 0.6 is 0 Å². The summed E-state index contributed by atoms with van der Waals surface area (Å²) in [5, 5.41) is 12.1. The molecule has 0 unspecified atom stereocenters. The highest BCUT2D eigenvalue weighted by molar-refractivity contribution is 5.80. The number of nitrogens with one attached hydrogen (secondary N) is 3. The van der Waals surface area contributed by atoms with Crippen LogP contribution in [0.3, 0.4) is 0 Å². The van der Waals surface area contributed by atoms with Gasteiger partial charge in [-0.25, -0.2) is 5.10 Å². The van der Waals surface area contributed by atoms with E-state index >= 15 is 0 Å². The number of carbonyl (C=O) groups is 1. The molecule has 1 aromatic rings. The Morgan fingerprint density at radius 1 is 1.53 bits per heavy atom. The average Bonchev–Trinajstić information content (AvgIpc) is 2.98. The molecule has 7 heteroatoms. The smallest absolute Gasteiger partial charge is 0.243 e. The van der Waals surface area contributed by atoms with Gasteiger partial charge in [-0.15, -0.1) is 5.10 Å². The maximum Gasteiger partial charge on any atom is 0.243 e. The molecule has 0 aromatic carbocycles. The minimum atomic E-state index is 0.145. The van der Waals surface area contributed by atoms with E-state index < -0.39 is 0 Å². The Hall–Kier alpha value is -1.79. The Bertz CT molecular complexity index is 345. The van der Waals surface area contributed by atoms with Gasteiger partial charge in [0.05, 0.1) is 0 Å². The molecule has 1 aliphatic carbocycles. The number of hydrogen-bond acceptors (Lipinski definition) is 5. The predicted octanol–water partition coefficient (Wildman–Crippen LogP) is -0.675. The molecule has 0 spiro atoms. The van der Waals surface area contributed by atoms with Gasteiger partial charge in [-0.05, 0) is 12.8 Å². The molecule has 0 atom stereocenters. The van der Waals surface area contributed by atoms with Crippen LogP contribution in [0.5, 0.6) is 0 Å². The fraction of sp³-hybridized carbons (Fsp3) is 0.625. The van der Waals surface area contributed by atoms with Gasteiger partial charge in [0, 0.05) is 19.0 Å².